The number of fused-ring (bicyclic) bond motifs is 2. The largest absolute Gasteiger partial charge is 0.486 e. The second-order valence-electron chi connectivity index (χ2n) is 5.68. The summed E-state index contributed by atoms with van der Waals surface area (Å²) >= 11 is 3.47. The lowest BCUT2D eigenvalue weighted by atomic mass is 10.2. The van der Waals surface area contributed by atoms with E-state index in [4.69, 9.17) is 14.2 Å². The first-order chi connectivity index (χ1) is 12.2. The van der Waals surface area contributed by atoms with Crippen molar-refractivity contribution in [1.29, 1.82) is 0 Å². The van der Waals surface area contributed by atoms with Gasteiger partial charge in [-0.1, -0.05) is 22.0 Å². The van der Waals surface area contributed by atoms with Gasteiger partial charge in [-0.15, -0.1) is 0 Å². The summed E-state index contributed by atoms with van der Waals surface area (Å²) in [5.41, 5.74) is 1.72. The molecule has 0 bridgehead atoms. The van der Waals surface area contributed by atoms with Gasteiger partial charge in [0.25, 0.3) is 0 Å². The smallest absolute Gasteiger partial charge is 0.163 e. The number of methoxy groups -OCH3 is 1. The van der Waals surface area contributed by atoms with Crippen LogP contribution in [0.3, 0.4) is 0 Å². The summed E-state index contributed by atoms with van der Waals surface area (Å²) < 4.78 is 17.9. The van der Waals surface area contributed by atoms with E-state index in [1.54, 1.807) is 7.11 Å². The molecule has 0 amide bonds. The Morgan fingerprint density at radius 3 is 3.00 bits per heavy atom. The lowest BCUT2D eigenvalue weighted by Crippen LogP contribution is -2.32. The van der Waals surface area contributed by atoms with Crippen molar-refractivity contribution in [1.82, 2.24) is 9.97 Å². The molecule has 4 rings (SSSR count). The summed E-state index contributed by atoms with van der Waals surface area (Å²) in [5, 5.41) is 4.19. The average Bonchev–Trinajstić information content (AvgIpc) is 2.61. The van der Waals surface area contributed by atoms with E-state index in [-0.39, 0.29) is 6.10 Å². The predicted molar refractivity (Wildman–Crippen MR) is 98.7 cm³/mol. The summed E-state index contributed by atoms with van der Waals surface area (Å²) in [6.07, 6.45) is 1.41. The van der Waals surface area contributed by atoms with Crippen molar-refractivity contribution in [2.75, 3.05) is 25.6 Å². The highest BCUT2D eigenvalue weighted by atomic mass is 79.9. The van der Waals surface area contributed by atoms with Crippen molar-refractivity contribution >= 4 is 38.3 Å². The molecule has 128 valence electrons. The lowest BCUT2D eigenvalue weighted by Gasteiger charge is -2.26. The molecular weight excluding hydrogens is 386 g/mol. The van der Waals surface area contributed by atoms with Crippen LogP contribution in [0.15, 0.2) is 47.2 Å². The molecule has 2 aromatic carbocycles. The Morgan fingerprint density at radius 1 is 1.24 bits per heavy atom. The fourth-order valence-electron chi connectivity index (χ4n) is 2.74. The summed E-state index contributed by atoms with van der Waals surface area (Å²) in [4.78, 5) is 8.72. The molecule has 25 heavy (non-hydrogen) atoms. The third-order valence-electron chi connectivity index (χ3n) is 3.86. The van der Waals surface area contributed by atoms with Crippen LogP contribution in [0.5, 0.6) is 11.5 Å². The third-order valence-corrected chi connectivity index (χ3v) is 4.35. The van der Waals surface area contributed by atoms with Gasteiger partial charge < -0.3 is 19.5 Å². The first kappa shape index (κ1) is 16.1. The summed E-state index contributed by atoms with van der Waals surface area (Å²) in [6, 6.07) is 11.7. The zero-order chi connectivity index (χ0) is 17.2. The first-order valence-corrected chi connectivity index (χ1v) is 8.62. The molecule has 1 aliphatic rings. The second kappa shape index (κ2) is 6.85. The third kappa shape index (κ3) is 3.38. The molecule has 1 atom stereocenters. The van der Waals surface area contributed by atoms with Gasteiger partial charge in [-0.25, -0.2) is 9.97 Å². The molecule has 1 aromatic heterocycles. The highest BCUT2D eigenvalue weighted by Gasteiger charge is 2.22. The highest BCUT2D eigenvalue weighted by molar-refractivity contribution is 9.10. The molecule has 3 aromatic rings. The Labute approximate surface area is 153 Å². The fraction of sp³-hybridized carbons (Fsp3) is 0.222. The van der Waals surface area contributed by atoms with E-state index in [0.717, 1.165) is 21.1 Å². The van der Waals surface area contributed by atoms with E-state index in [0.29, 0.717) is 30.5 Å². The number of hydrogen-bond acceptors (Lipinski definition) is 6. The monoisotopic (exact) mass is 401 g/mol. The Balaban J connectivity index is 1.72. The minimum absolute atomic E-state index is 0.124. The highest BCUT2D eigenvalue weighted by Crippen LogP contribution is 2.37. The van der Waals surface area contributed by atoms with Crippen LogP contribution >= 0.6 is 15.9 Å². The number of benzene rings is 2. The number of anilines is 2. The van der Waals surface area contributed by atoms with Crippen LogP contribution in [0.4, 0.5) is 11.5 Å². The Morgan fingerprint density at radius 2 is 2.16 bits per heavy atom. The Hall–Kier alpha value is -2.38. The first-order valence-electron chi connectivity index (χ1n) is 7.82. The Kier molecular flexibility index (Phi) is 4.42. The fourth-order valence-corrected chi connectivity index (χ4v) is 3.14. The van der Waals surface area contributed by atoms with Crippen LogP contribution in [0.25, 0.3) is 10.9 Å². The van der Waals surface area contributed by atoms with Gasteiger partial charge >= 0.3 is 0 Å². The average molecular weight is 402 g/mol. The second-order valence-corrected chi connectivity index (χ2v) is 6.60. The molecule has 7 heteroatoms. The molecule has 0 aliphatic carbocycles. The van der Waals surface area contributed by atoms with Gasteiger partial charge in [0.2, 0.25) is 0 Å². The van der Waals surface area contributed by atoms with Crippen LogP contribution in [-0.2, 0) is 4.74 Å². The van der Waals surface area contributed by atoms with Crippen LogP contribution < -0.4 is 14.8 Å². The van der Waals surface area contributed by atoms with Crippen LogP contribution in [-0.4, -0.2) is 36.4 Å². The predicted octanol–water partition coefficient (Wildman–Crippen LogP) is 3.92. The quantitative estimate of drug-likeness (QED) is 0.714. The molecule has 2 heterocycles. The molecular formula is C18H16BrN3O3. The molecule has 1 unspecified atom stereocenters. The van der Waals surface area contributed by atoms with Gasteiger partial charge in [-0.2, -0.15) is 0 Å². The van der Waals surface area contributed by atoms with Gasteiger partial charge in [-0.3, -0.25) is 0 Å². The van der Waals surface area contributed by atoms with Crippen molar-refractivity contribution in [3.05, 3.63) is 47.2 Å². The maximum atomic E-state index is 5.96. The van der Waals surface area contributed by atoms with Crippen molar-refractivity contribution in [3.63, 3.8) is 0 Å². The molecule has 6 nitrogen and oxygen atoms in total. The number of nitrogens with zero attached hydrogens (tertiary/aromatic N) is 2. The van der Waals surface area contributed by atoms with Gasteiger partial charge in [0.05, 0.1) is 12.1 Å². The SMILES string of the molecule is COCC1COc2cc3ncnc(Nc4cccc(Br)c4)c3cc2O1. The summed E-state index contributed by atoms with van der Waals surface area (Å²) in [5.74, 6) is 2.07. The zero-order valence-corrected chi connectivity index (χ0v) is 15.1. The van der Waals surface area contributed by atoms with Gasteiger partial charge in [0.15, 0.2) is 17.6 Å². The van der Waals surface area contributed by atoms with Crippen molar-refractivity contribution in [2.24, 2.45) is 0 Å². The minimum Gasteiger partial charge on any atom is -0.486 e. The minimum atomic E-state index is -0.124. The van der Waals surface area contributed by atoms with Crippen molar-refractivity contribution in [3.8, 4) is 11.5 Å². The van der Waals surface area contributed by atoms with Crippen molar-refractivity contribution in [2.45, 2.75) is 6.10 Å². The molecule has 0 spiro atoms. The van der Waals surface area contributed by atoms with Crippen LogP contribution in [0.1, 0.15) is 0 Å². The number of aromatic nitrogens is 2. The number of nitrogens with one attached hydrogen (secondary N) is 1. The van der Waals surface area contributed by atoms with Gasteiger partial charge in [-0.05, 0) is 24.3 Å². The summed E-state index contributed by atoms with van der Waals surface area (Å²) in [6.45, 7) is 0.937. The van der Waals surface area contributed by atoms with E-state index in [2.05, 4.69) is 31.2 Å². The maximum Gasteiger partial charge on any atom is 0.163 e. The van der Waals surface area contributed by atoms with Crippen LogP contribution in [0, 0.1) is 0 Å². The number of hydrogen-bond donors (Lipinski definition) is 1. The van der Waals surface area contributed by atoms with E-state index < -0.39 is 0 Å². The topological polar surface area (TPSA) is 65.5 Å². The Bertz CT molecular complexity index is 919. The van der Waals surface area contributed by atoms with E-state index in [1.165, 1.54) is 6.33 Å². The number of rotatable bonds is 4. The van der Waals surface area contributed by atoms with Crippen LogP contribution in [0.2, 0.25) is 0 Å². The van der Waals surface area contributed by atoms with E-state index >= 15 is 0 Å². The lowest BCUT2D eigenvalue weighted by molar-refractivity contribution is 0.0274. The molecule has 1 aliphatic heterocycles. The maximum absolute atomic E-state index is 5.96. The molecule has 0 saturated heterocycles. The van der Waals surface area contributed by atoms with Gasteiger partial charge in [0.1, 0.15) is 18.8 Å². The molecule has 1 N–H and O–H groups in total. The molecule has 0 fully saturated rings. The molecule has 0 saturated carbocycles. The normalized spacial score (nSPS) is 16.0. The van der Waals surface area contributed by atoms with E-state index in [9.17, 15) is 0 Å². The van der Waals surface area contributed by atoms with Gasteiger partial charge in [0, 0.05) is 28.7 Å². The zero-order valence-electron chi connectivity index (χ0n) is 13.5. The van der Waals surface area contributed by atoms with E-state index in [1.807, 2.05) is 36.4 Å². The van der Waals surface area contributed by atoms with Crippen molar-refractivity contribution < 1.29 is 14.2 Å². The number of halogens is 1. The number of ether oxygens (including phenoxy) is 3. The standard InChI is InChI=1S/C18H16BrN3O3/c1-23-8-13-9-24-16-7-15-14(6-17(16)25-13)18(21-10-20-15)22-12-4-2-3-11(19)5-12/h2-7,10,13H,8-9H2,1H3,(H,20,21,22). The summed E-state index contributed by atoms with van der Waals surface area (Å²) in [7, 11) is 1.65. The molecule has 0 radical (unpaired) electrons.